The molecule has 1 aliphatic rings. The van der Waals surface area contributed by atoms with E-state index in [-0.39, 0.29) is 11.2 Å². The number of rotatable bonds is 2. The average molecular weight is 171 g/mol. The molecule has 0 aromatic rings. The maximum absolute atomic E-state index is 6.10. The van der Waals surface area contributed by atoms with Gasteiger partial charge in [-0.15, -0.1) is 0 Å². The lowest BCUT2D eigenvalue weighted by Gasteiger charge is -2.45. The van der Waals surface area contributed by atoms with Crippen LogP contribution < -0.4 is 5.32 Å². The largest absolute Gasteiger partial charge is 0.367 e. The van der Waals surface area contributed by atoms with E-state index in [9.17, 15) is 0 Å². The molecular formula is C10H21NO. The van der Waals surface area contributed by atoms with Gasteiger partial charge in [0.2, 0.25) is 0 Å². The normalized spacial score (nSPS) is 27.0. The van der Waals surface area contributed by atoms with Crippen LogP contribution in [0.1, 0.15) is 40.5 Å². The van der Waals surface area contributed by atoms with E-state index in [0.29, 0.717) is 0 Å². The number of nitrogens with one attached hydrogen (secondary N) is 1. The SMILES string of the molecule is CCC1(CC)CNCC(C)(C)O1. The van der Waals surface area contributed by atoms with Crippen LogP contribution in [0.4, 0.5) is 0 Å². The van der Waals surface area contributed by atoms with Gasteiger partial charge in [-0.05, 0) is 26.7 Å². The van der Waals surface area contributed by atoms with E-state index in [1.54, 1.807) is 0 Å². The van der Waals surface area contributed by atoms with Gasteiger partial charge < -0.3 is 10.1 Å². The van der Waals surface area contributed by atoms with Crippen LogP contribution in [0.15, 0.2) is 0 Å². The molecule has 0 saturated carbocycles. The topological polar surface area (TPSA) is 21.3 Å². The van der Waals surface area contributed by atoms with Crippen molar-refractivity contribution in [3.8, 4) is 0 Å². The minimum Gasteiger partial charge on any atom is -0.367 e. The van der Waals surface area contributed by atoms with Crippen LogP contribution in [0.2, 0.25) is 0 Å². The average Bonchev–Trinajstić information content (AvgIpc) is 2.02. The van der Waals surface area contributed by atoms with Crippen molar-refractivity contribution in [3.05, 3.63) is 0 Å². The first-order valence-electron chi connectivity index (χ1n) is 4.94. The molecule has 0 spiro atoms. The molecule has 0 radical (unpaired) electrons. The predicted molar refractivity (Wildman–Crippen MR) is 51.3 cm³/mol. The van der Waals surface area contributed by atoms with Crippen LogP contribution in [0, 0.1) is 0 Å². The summed E-state index contributed by atoms with van der Waals surface area (Å²) in [6, 6.07) is 0. The molecule has 2 heteroatoms. The smallest absolute Gasteiger partial charge is 0.0808 e. The van der Waals surface area contributed by atoms with E-state index in [4.69, 9.17) is 4.74 Å². The van der Waals surface area contributed by atoms with Crippen molar-refractivity contribution in [2.75, 3.05) is 13.1 Å². The molecule has 0 amide bonds. The third-order valence-corrected chi connectivity index (χ3v) is 2.78. The van der Waals surface area contributed by atoms with Crippen LogP contribution >= 0.6 is 0 Å². The Kier molecular flexibility index (Phi) is 2.79. The second-order valence-electron chi connectivity index (χ2n) is 4.36. The monoisotopic (exact) mass is 171 g/mol. The molecule has 1 aliphatic heterocycles. The molecule has 0 bridgehead atoms. The van der Waals surface area contributed by atoms with E-state index >= 15 is 0 Å². The van der Waals surface area contributed by atoms with E-state index in [0.717, 1.165) is 25.9 Å². The van der Waals surface area contributed by atoms with E-state index in [1.165, 1.54) is 0 Å². The molecule has 0 aromatic heterocycles. The quantitative estimate of drug-likeness (QED) is 0.685. The van der Waals surface area contributed by atoms with Gasteiger partial charge in [0.05, 0.1) is 11.2 Å². The first-order chi connectivity index (χ1) is 5.54. The minimum absolute atomic E-state index is 0.00424. The van der Waals surface area contributed by atoms with Gasteiger partial charge in [-0.2, -0.15) is 0 Å². The van der Waals surface area contributed by atoms with Gasteiger partial charge in [-0.1, -0.05) is 13.8 Å². The Labute approximate surface area is 75.7 Å². The van der Waals surface area contributed by atoms with Crippen molar-refractivity contribution in [3.63, 3.8) is 0 Å². The zero-order chi connectivity index (χ0) is 9.24. The van der Waals surface area contributed by atoms with Gasteiger partial charge in [-0.25, -0.2) is 0 Å². The Balaban J connectivity index is 2.65. The summed E-state index contributed by atoms with van der Waals surface area (Å²) in [6.07, 6.45) is 2.19. The summed E-state index contributed by atoms with van der Waals surface area (Å²) in [6.45, 7) is 10.7. The second kappa shape index (κ2) is 3.35. The highest BCUT2D eigenvalue weighted by atomic mass is 16.5. The van der Waals surface area contributed by atoms with Crippen molar-refractivity contribution in [2.24, 2.45) is 0 Å². The number of hydrogen-bond donors (Lipinski definition) is 1. The fourth-order valence-electron chi connectivity index (χ4n) is 1.89. The fraction of sp³-hybridized carbons (Fsp3) is 1.00. The lowest BCUT2D eigenvalue weighted by atomic mass is 9.92. The molecule has 2 nitrogen and oxygen atoms in total. The molecule has 0 unspecified atom stereocenters. The molecule has 0 aromatic carbocycles. The predicted octanol–water partition coefficient (Wildman–Crippen LogP) is 1.94. The first-order valence-corrected chi connectivity index (χ1v) is 4.94. The van der Waals surface area contributed by atoms with Gasteiger partial charge >= 0.3 is 0 Å². The fourth-order valence-corrected chi connectivity index (χ4v) is 1.89. The summed E-state index contributed by atoms with van der Waals surface area (Å²) in [5, 5.41) is 3.44. The summed E-state index contributed by atoms with van der Waals surface area (Å²) in [5.41, 5.74) is 0.0893. The summed E-state index contributed by atoms with van der Waals surface area (Å²) >= 11 is 0. The molecule has 1 rings (SSSR count). The van der Waals surface area contributed by atoms with Gasteiger partial charge in [0.25, 0.3) is 0 Å². The first kappa shape index (κ1) is 10.0. The Morgan fingerprint density at radius 2 is 1.75 bits per heavy atom. The van der Waals surface area contributed by atoms with Crippen molar-refractivity contribution < 1.29 is 4.74 Å². The number of morpholine rings is 1. The van der Waals surface area contributed by atoms with E-state index in [2.05, 4.69) is 33.0 Å². The molecule has 1 fully saturated rings. The molecule has 0 aliphatic carbocycles. The summed E-state index contributed by atoms with van der Waals surface area (Å²) in [5.74, 6) is 0. The van der Waals surface area contributed by atoms with Crippen molar-refractivity contribution in [1.29, 1.82) is 0 Å². The minimum atomic E-state index is 0.00424. The molecule has 12 heavy (non-hydrogen) atoms. The molecule has 1 saturated heterocycles. The molecule has 72 valence electrons. The second-order valence-corrected chi connectivity index (χ2v) is 4.36. The lowest BCUT2D eigenvalue weighted by molar-refractivity contribution is -0.164. The Morgan fingerprint density at radius 3 is 2.08 bits per heavy atom. The summed E-state index contributed by atoms with van der Waals surface area (Å²) < 4.78 is 6.10. The summed E-state index contributed by atoms with van der Waals surface area (Å²) in [4.78, 5) is 0. The van der Waals surface area contributed by atoms with Crippen molar-refractivity contribution in [2.45, 2.75) is 51.7 Å². The van der Waals surface area contributed by atoms with Crippen LogP contribution in [0.25, 0.3) is 0 Å². The number of ether oxygens (including phenoxy) is 1. The van der Waals surface area contributed by atoms with Crippen LogP contribution in [-0.4, -0.2) is 24.3 Å². The lowest BCUT2D eigenvalue weighted by Crippen LogP contribution is -2.57. The van der Waals surface area contributed by atoms with Crippen LogP contribution in [0.5, 0.6) is 0 Å². The van der Waals surface area contributed by atoms with E-state index in [1.807, 2.05) is 0 Å². The van der Waals surface area contributed by atoms with Crippen molar-refractivity contribution in [1.82, 2.24) is 5.32 Å². The Morgan fingerprint density at radius 1 is 1.17 bits per heavy atom. The summed E-state index contributed by atoms with van der Waals surface area (Å²) in [7, 11) is 0. The highest BCUT2D eigenvalue weighted by Gasteiger charge is 2.37. The van der Waals surface area contributed by atoms with Gasteiger partial charge in [0.15, 0.2) is 0 Å². The molecule has 1 N–H and O–H groups in total. The van der Waals surface area contributed by atoms with Gasteiger partial charge in [-0.3, -0.25) is 0 Å². The zero-order valence-corrected chi connectivity index (χ0v) is 8.74. The molecule has 1 heterocycles. The third-order valence-electron chi connectivity index (χ3n) is 2.78. The van der Waals surface area contributed by atoms with Crippen LogP contribution in [-0.2, 0) is 4.74 Å². The maximum Gasteiger partial charge on any atom is 0.0808 e. The third kappa shape index (κ3) is 1.99. The highest BCUT2D eigenvalue weighted by molar-refractivity contribution is 4.90. The highest BCUT2D eigenvalue weighted by Crippen LogP contribution is 2.29. The zero-order valence-electron chi connectivity index (χ0n) is 8.74. The number of hydrogen-bond acceptors (Lipinski definition) is 2. The van der Waals surface area contributed by atoms with Gasteiger partial charge in [0.1, 0.15) is 0 Å². The van der Waals surface area contributed by atoms with Gasteiger partial charge in [0, 0.05) is 13.1 Å². The Hall–Kier alpha value is -0.0800. The molecule has 0 atom stereocenters. The van der Waals surface area contributed by atoms with Crippen molar-refractivity contribution >= 4 is 0 Å². The maximum atomic E-state index is 6.10. The Bertz CT molecular complexity index is 150. The van der Waals surface area contributed by atoms with E-state index < -0.39 is 0 Å². The standard InChI is InChI=1S/C10H21NO/c1-5-10(6-2)8-11-7-9(3,4)12-10/h11H,5-8H2,1-4H3. The van der Waals surface area contributed by atoms with Crippen LogP contribution in [0.3, 0.4) is 0 Å². The molecular weight excluding hydrogens is 150 g/mol.